The lowest BCUT2D eigenvalue weighted by molar-refractivity contribution is 0.0926. The highest BCUT2D eigenvalue weighted by Crippen LogP contribution is 2.33. The first-order valence-corrected chi connectivity index (χ1v) is 6.87. The number of nitrogens with one attached hydrogen (secondary N) is 1. The zero-order valence-electron chi connectivity index (χ0n) is 11.2. The van der Waals surface area contributed by atoms with Crippen LogP contribution in [0.5, 0.6) is 5.75 Å². The van der Waals surface area contributed by atoms with Gasteiger partial charge >= 0.3 is 0 Å². The molecule has 0 fully saturated rings. The molecule has 2 aromatic rings. The molecule has 102 valence electrons. The fourth-order valence-corrected chi connectivity index (χ4v) is 2.97. The summed E-state index contributed by atoms with van der Waals surface area (Å²) < 4.78 is 6.26. The largest absolute Gasteiger partial charge is 0.497 e. The summed E-state index contributed by atoms with van der Waals surface area (Å²) in [6.07, 6.45) is 0. The maximum Gasteiger partial charge on any atom is 0.261 e. The number of aryl methyl sites for hydroxylation is 1. The van der Waals surface area contributed by atoms with Gasteiger partial charge in [0.05, 0.1) is 18.6 Å². The van der Waals surface area contributed by atoms with Crippen LogP contribution in [0.1, 0.15) is 22.2 Å². The molecule has 19 heavy (non-hydrogen) atoms. The Kier molecular flexibility index (Phi) is 4.07. The highest BCUT2D eigenvalue weighted by Gasteiger charge is 2.17. The van der Waals surface area contributed by atoms with Crippen LogP contribution in [-0.2, 0) is 0 Å². The predicted molar refractivity (Wildman–Crippen MR) is 77.1 cm³/mol. The molecule has 5 heteroatoms. The third-order valence-corrected chi connectivity index (χ3v) is 4.27. The van der Waals surface area contributed by atoms with Gasteiger partial charge in [-0.1, -0.05) is 0 Å². The molecule has 1 heterocycles. The Morgan fingerprint density at radius 3 is 2.89 bits per heavy atom. The molecule has 0 saturated heterocycles. The van der Waals surface area contributed by atoms with Gasteiger partial charge in [0.1, 0.15) is 5.75 Å². The number of thiophene rings is 1. The van der Waals surface area contributed by atoms with E-state index in [2.05, 4.69) is 5.32 Å². The molecule has 0 radical (unpaired) electrons. The molecule has 0 bridgehead atoms. The van der Waals surface area contributed by atoms with E-state index in [0.717, 1.165) is 21.4 Å². The van der Waals surface area contributed by atoms with Gasteiger partial charge in [0, 0.05) is 10.7 Å². The number of amides is 1. The SMILES string of the molecule is COc1ccc2sc(C(=O)NC(C)CO)c(C)c2c1. The van der Waals surface area contributed by atoms with Crippen LogP contribution in [0.3, 0.4) is 0 Å². The van der Waals surface area contributed by atoms with E-state index in [4.69, 9.17) is 9.84 Å². The van der Waals surface area contributed by atoms with Gasteiger partial charge in [0.15, 0.2) is 0 Å². The van der Waals surface area contributed by atoms with E-state index in [-0.39, 0.29) is 18.6 Å². The molecule has 1 unspecified atom stereocenters. The monoisotopic (exact) mass is 279 g/mol. The highest BCUT2D eigenvalue weighted by molar-refractivity contribution is 7.21. The molecular weight excluding hydrogens is 262 g/mol. The van der Waals surface area contributed by atoms with Crippen molar-refractivity contribution in [1.82, 2.24) is 5.32 Å². The van der Waals surface area contributed by atoms with Crippen molar-refractivity contribution in [3.05, 3.63) is 28.6 Å². The summed E-state index contributed by atoms with van der Waals surface area (Å²) in [5, 5.41) is 12.8. The van der Waals surface area contributed by atoms with Crippen LogP contribution >= 0.6 is 11.3 Å². The van der Waals surface area contributed by atoms with Crippen molar-refractivity contribution in [3.63, 3.8) is 0 Å². The Labute approximate surface area is 116 Å². The lowest BCUT2D eigenvalue weighted by Gasteiger charge is -2.09. The van der Waals surface area contributed by atoms with Crippen molar-refractivity contribution < 1.29 is 14.6 Å². The standard InChI is InChI=1S/C14H17NO3S/c1-8(7-16)15-14(17)13-9(2)11-6-10(18-3)4-5-12(11)19-13/h4-6,8,16H,7H2,1-3H3,(H,15,17). The van der Waals surface area contributed by atoms with E-state index in [0.29, 0.717) is 4.88 Å². The quantitative estimate of drug-likeness (QED) is 0.903. The molecule has 1 atom stereocenters. The Hall–Kier alpha value is -1.59. The number of carbonyl (C=O) groups excluding carboxylic acids is 1. The van der Waals surface area contributed by atoms with Crippen molar-refractivity contribution in [1.29, 1.82) is 0 Å². The second kappa shape index (κ2) is 5.59. The van der Waals surface area contributed by atoms with Crippen LogP contribution in [0.2, 0.25) is 0 Å². The van der Waals surface area contributed by atoms with E-state index in [9.17, 15) is 4.79 Å². The number of aliphatic hydroxyl groups excluding tert-OH is 1. The minimum absolute atomic E-state index is 0.0660. The first-order chi connectivity index (χ1) is 9.06. The maximum atomic E-state index is 12.1. The van der Waals surface area contributed by atoms with Gasteiger partial charge in [-0.25, -0.2) is 0 Å². The molecule has 0 aliphatic heterocycles. The summed E-state index contributed by atoms with van der Waals surface area (Å²) in [4.78, 5) is 12.8. The molecule has 0 aliphatic carbocycles. The smallest absolute Gasteiger partial charge is 0.261 e. The molecule has 1 aromatic carbocycles. The van der Waals surface area contributed by atoms with Gasteiger partial charge in [-0.3, -0.25) is 4.79 Å². The van der Waals surface area contributed by atoms with E-state index in [1.165, 1.54) is 11.3 Å². The first-order valence-electron chi connectivity index (χ1n) is 6.05. The molecule has 1 amide bonds. The number of methoxy groups -OCH3 is 1. The lowest BCUT2D eigenvalue weighted by atomic mass is 10.1. The van der Waals surface area contributed by atoms with Gasteiger partial charge in [-0.05, 0) is 43.0 Å². The van der Waals surface area contributed by atoms with Crippen LogP contribution in [0.15, 0.2) is 18.2 Å². The number of fused-ring (bicyclic) bond motifs is 1. The van der Waals surface area contributed by atoms with Crippen molar-refractivity contribution in [3.8, 4) is 5.75 Å². The summed E-state index contributed by atoms with van der Waals surface area (Å²) in [6, 6.07) is 5.54. The second-order valence-corrected chi connectivity index (χ2v) is 5.53. The molecule has 1 aromatic heterocycles. The summed E-state index contributed by atoms with van der Waals surface area (Å²) in [5.74, 6) is 0.642. The van der Waals surface area contributed by atoms with E-state index < -0.39 is 0 Å². The molecule has 0 spiro atoms. The third-order valence-electron chi connectivity index (χ3n) is 3.00. The van der Waals surface area contributed by atoms with Gasteiger partial charge < -0.3 is 15.2 Å². The minimum Gasteiger partial charge on any atom is -0.497 e. The Morgan fingerprint density at radius 2 is 2.26 bits per heavy atom. The third kappa shape index (κ3) is 2.72. The molecule has 4 nitrogen and oxygen atoms in total. The maximum absolute atomic E-state index is 12.1. The summed E-state index contributed by atoms with van der Waals surface area (Å²) in [7, 11) is 1.62. The fraction of sp³-hybridized carbons (Fsp3) is 0.357. The van der Waals surface area contributed by atoms with Gasteiger partial charge in [0.25, 0.3) is 5.91 Å². The van der Waals surface area contributed by atoms with Gasteiger partial charge in [0.2, 0.25) is 0 Å². The van der Waals surface area contributed by atoms with Crippen molar-refractivity contribution >= 4 is 27.3 Å². The van der Waals surface area contributed by atoms with Crippen molar-refractivity contribution in [2.24, 2.45) is 0 Å². The van der Waals surface area contributed by atoms with E-state index in [1.807, 2.05) is 25.1 Å². The average Bonchev–Trinajstić information content (AvgIpc) is 2.75. The van der Waals surface area contributed by atoms with Gasteiger partial charge in [-0.2, -0.15) is 0 Å². The highest BCUT2D eigenvalue weighted by atomic mass is 32.1. The zero-order chi connectivity index (χ0) is 14.0. The van der Waals surface area contributed by atoms with E-state index >= 15 is 0 Å². The van der Waals surface area contributed by atoms with Crippen molar-refractivity contribution in [2.45, 2.75) is 19.9 Å². The number of rotatable bonds is 4. The van der Waals surface area contributed by atoms with Crippen LogP contribution in [0.4, 0.5) is 0 Å². The molecule has 0 saturated carbocycles. The minimum atomic E-state index is -0.244. The normalized spacial score (nSPS) is 12.4. The number of carbonyl (C=O) groups is 1. The first kappa shape index (κ1) is 13.8. The second-order valence-electron chi connectivity index (χ2n) is 4.48. The van der Waals surface area contributed by atoms with E-state index in [1.54, 1.807) is 14.0 Å². The summed E-state index contributed by atoms with van der Waals surface area (Å²) in [5.41, 5.74) is 0.946. The summed E-state index contributed by atoms with van der Waals surface area (Å²) >= 11 is 1.45. The molecule has 2 rings (SSSR count). The average molecular weight is 279 g/mol. The molecule has 2 N–H and O–H groups in total. The molecular formula is C14H17NO3S. The number of hydrogen-bond acceptors (Lipinski definition) is 4. The van der Waals surface area contributed by atoms with Gasteiger partial charge in [-0.15, -0.1) is 11.3 Å². The number of ether oxygens (including phenoxy) is 1. The van der Waals surface area contributed by atoms with Crippen LogP contribution in [0, 0.1) is 6.92 Å². The van der Waals surface area contributed by atoms with Crippen LogP contribution < -0.4 is 10.1 Å². The fourth-order valence-electron chi connectivity index (χ4n) is 1.88. The Bertz CT molecular complexity index is 606. The number of aliphatic hydroxyl groups is 1. The van der Waals surface area contributed by atoms with Crippen molar-refractivity contribution in [2.75, 3.05) is 13.7 Å². The lowest BCUT2D eigenvalue weighted by Crippen LogP contribution is -2.34. The summed E-state index contributed by atoms with van der Waals surface area (Å²) in [6.45, 7) is 3.63. The number of benzene rings is 1. The number of hydrogen-bond donors (Lipinski definition) is 2. The molecule has 0 aliphatic rings. The zero-order valence-corrected chi connectivity index (χ0v) is 12.0. The Morgan fingerprint density at radius 1 is 1.53 bits per heavy atom. The van der Waals surface area contributed by atoms with Crippen LogP contribution in [0.25, 0.3) is 10.1 Å². The van der Waals surface area contributed by atoms with Crippen LogP contribution in [-0.4, -0.2) is 30.8 Å². The topological polar surface area (TPSA) is 58.6 Å². The Balaban J connectivity index is 2.39. The predicted octanol–water partition coefficient (Wildman–Crippen LogP) is 2.33.